The molecular formula is C30H45N3O4. The molecule has 0 spiro atoms. The smallest absolute Gasteiger partial charge is 0.242 e. The fraction of sp³-hybridized carbons (Fsp3) is 0.600. The van der Waals surface area contributed by atoms with Crippen molar-refractivity contribution in [3.63, 3.8) is 0 Å². The summed E-state index contributed by atoms with van der Waals surface area (Å²) in [5.74, 6) is 0.751. The third-order valence-electron chi connectivity index (χ3n) is 6.96. The maximum absolute atomic E-state index is 13.6. The molecule has 1 fully saturated rings. The molecule has 2 heterocycles. The summed E-state index contributed by atoms with van der Waals surface area (Å²) in [6.07, 6.45) is 10.3. The predicted octanol–water partition coefficient (Wildman–Crippen LogP) is 5.11. The van der Waals surface area contributed by atoms with Crippen molar-refractivity contribution in [3.8, 4) is 0 Å². The summed E-state index contributed by atoms with van der Waals surface area (Å²) in [5.41, 5.74) is 1.05. The number of morpholine rings is 1. The quantitative estimate of drug-likeness (QED) is 0.276. The Morgan fingerprint density at radius 1 is 0.838 bits per heavy atom. The summed E-state index contributed by atoms with van der Waals surface area (Å²) in [4.78, 5) is 32.7. The van der Waals surface area contributed by atoms with Crippen molar-refractivity contribution in [1.29, 1.82) is 0 Å². The molecular weight excluding hydrogens is 466 g/mol. The summed E-state index contributed by atoms with van der Waals surface area (Å²) in [6, 6.07) is 13.7. The van der Waals surface area contributed by atoms with Crippen LogP contribution < -0.4 is 0 Å². The Morgan fingerprint density at radius 2 is 1.57 bits per heavy atom. The molecule has 7 heteroatoms. The Bertz CT molecular complexity index is 881. The van der Waals surface area contributed by atoms with E-state index in [1.165, 1.54) is 32.1 Å². The van der Waals surface area contributed by atoms with Gasteiger partial charge in [0, 0.05) is 39.1 Å². The van der Waals surface area contributed by atoms with E-state index < -0.39 is 0 Å². The lowest BCUT2D eigenvalue weighted by atomic mass is 10.1. The lowest BCUT2D eigenvalue weighted by Gasteiger charge is -2.31. The lowest BCUT2D eigenvalue weighted by molar-refractivity contribution is -0.141. The van der Waals surface area contributed by atoms with E-state index in [0.29, 0.717) is 26.1 Å². The molecule has 7 nitrogen and oxygen atoms in total. The first kappa shape index (κ1) is 28.9. The fourth-order valence-corrected chi connectivity index (χ4v) is 4.66. The normalized spacial score (nSPS) is 14.0. The van der Waals surface area contributed by atoms with Crippen LogP contribution in [0.4, 0.5) is 0 Å². The second-order valence-corrected chi connectivity index (χ2v) is 9.96. The van der Waals surface area contributed by atoms with Crippen LogP contribution in [0, 0.1) is 0 Å². The van der Waals surface area contributed by atoms with Gasteiger partial charge in [-0.2, -0.15) is 0 Å². The Morgan fingerprint density at radius 3 is 2.27 bits per heavy atom. The predicted molar refractivity (Wildman–Crippen MR) is 146 cm³/mol. The molecule has 204 valence electrons. The van der Waals surface area contributed by atoms with E-state index in [1.807, 2.05) is 42.5 Å². The largest absolute Gasteiger partial charge is 0.467 e. The highest BCUT2D eigenvalue weighted by molar-refractivity contribution is 5.84. The van der Waals surface area contributed by atoms with E-state index in [0.717, 1.165) is 57.0 Å². The standard InChI is InChI=1S/C30H45N3O4/c1-2-3-4-5-6-7-11-16-29(34)32(18-17-31-19-22-36-23-20-31)26-30(35)33(25-28-15-12-21-37-28)24-27-13-9-8-10-14-27/h8-10,12-15,21H,2-7,11,16-20,22-26H2,1H3. The zero-order chi connectivity index (χ0) is 26.1. The SMILES string of the molecule is CCCCCCCCCC(=O)N(CCN1CCOCC1)CC(=O)N(Cc1ccccc1)Cc1ccco1. The number of furan rings is 1. The van der Waals surface area contributed by atoms with Crippen LogP contribution in [0.5, 0.6) is 0 Å². The Balaban J connectivity index is 1.60. The molecule has 0 bridgehead atoms. The molecule has 2 aromatic rings. The van der Waals surface area contributed by atoms with Crippen molar-refractivity contribution in [1.82, 2.24) is 14.7 Å². The zero-order valence-corrected chi connectivity index (χ0v) is 22.6. The molecule has 1 aliphatic rings. The first-order valence-electron chi connectivity index (χ1n) is 14.1. The summed E-state index contributed by atoms with van der Waals surface area (Å²) in [7, 11) is 0. The minimum atomic E-state index is -0.0600. The highest BCUT2D eigenvalue weighted by atomic mass is 16.5. The Labute approximate surface area is 222 Å². The van der Waals surface area contributed by atoms with Crippen molar-refractivity contribution in [2.75, 3.05) is 45.9 Å². The van der Waals surface area contributed by atoms with Crippen LogP contribution in [0.2, 0.25) is 0 Å². The maximum atomic E-state index is 13.6. The van der Waals surface area contributed by atoms with Crippen molar-refractivity contribution in [3.05, 3.63) is 60.1 Å². The number of ether oxygens (including phenoxy) is 1. The van der Waals surface area contributed by atoms with Gasteiger partial charge in [0.25, 0.3) is 0 Å². The maximum Gasteiger partial charge on any atom is 0.242 e. The van der Waals surface area contributed by atoms with Crippen molar-refractivity contribution < 1.29 is 18.7 Å². The van der Waals surface area contributed by atoms with Crippen molar-refractivity contribution in [2.45, 2.75) is 71.4 Å². The van der Waals surface area contributed by atoms with E-state index in [2.05, 4.69) is 11.8 Å². The monoisotopic (exact) mass is 511 g/mol. The van der Waals surface area contributed by atoms with Crippen molar-refractivity contribution in [2.24, 2.45) is 0 Å². The number of carbonyl (C=O) groups is 2. The third kappa shape index (κ3) is 11.1. The van der Waals surface area contributed by atoms with Gasteiger partial charge in [0.05, 0.1) is 32.6 Å². The minimum Gasteiger partial charge on any atom is -0.467 e. The van der Waals surface area contributed by atoms with Crippen LogP contribution in [-0.2, 0) is 27.4 Å². The number of benzene rings is 1. The minimum absolute atomic E-state index is 0.0600. The van der Waals surface area contributed by atoms with Crippen LogP contribution in [0.1, 0.15) is 69.6 Å². The van der Waals surface area contributed by atoms with Crippen LogP contribution in [0.3, 0.4) is 0 Å². The molecule has 1 saturated heterocycles. The molecule has 1 aromatic heterocycles. The third-order valence-corrected chi connectivity index (χ3v) is 6.96. The molecule has 0 saturated carbocycles. The van der Waals surface area contributed by atoms with Gasteiger partial charge in [-0.15, -0.1) is 0 Å². The molecule has 0 radical (unpaired) electrons. The number of hydrogen-bond donors (Lipinski definition) is 0. The van der Waals surface area contributed by atoms with E-state index in [9.17, 15) is 9.59 Å². The van der Waals surface area contributed by atoms with Gasteiger partial charge in [-0.1, -0.05) is 75.8 Å². The van der Waals surface area contributed by atoms with Gasteiger partial charge in [-0.3, -0.25) is 14.5 Å². The number of nitrogens with zero attached hydrogens (tertiary/aromatic N) is 3. The number of hydrogen-bond acceptors (Lipinski definition) is 5. The second kappa shape index (κ2) is 17.0. The topological polar surface area (TPSA) is 66.2 Å². The average Bonchev–Trinajstić information content (AvgIpc) is 3.44. The molecule has 1 aliphatic heterocycles. The van der Waals surface area contributed by atoms with Crippen LogP contribution in [0.25, 0.3) is 0 Å². The van der Waals surface area contributed by atoms with Gasteiger partial charge >= 0.3 is 0 Å². The molecule has 3 rings (SSSR count). The molecule has 0 aliphatic carbocycles. The van der Waals surface area contributed by atoms with Gasteiger partial charge < -0.3 is 19.0 Å². The second-order valence-electron chi connectivity index (χ2n) is 9.96. The molecule has 0 unspecified atom stereocenters. The Hall–Kier alpha value is -2.64. The first-order valence-corrected chi connectivity index (χ1v) is 14.1. The lowest BCUT2D eigenvalue weighted by Crippen LogP contribution is -2.47. The van der Waals surface area contributed by atoms with E-state index in [1.54, 1.807) is 16.1 Å². The highest BCUT2D eigenvalue weighted by Crippen LogP contribution is 2.14. The van der Waals surface area contributed by atoms with Gasteiger partial charge in [-0.25, -0.2) is 0 Å². The van der Waals surface area contributed by atoms with Crippen LogP contribution in [0.15, 0.2) is 53.1 Å². The van der Waals surface area contributed by atoms with Gasteiger partial charge in [0.2, 0.25) is 11.8 Å². The number of carbonyl (C=O) groups excluding carboxylic acids is 2. The van der Waals surface area contributed by atoms with Crippen LogP contribution >= 0.6 is 0 Å². The zero-order valence-electron chi connectivity index (χ0n) is 22.6. The average molecular weight is 512 g/mol. The molecule has 1 aromatic carbocycles. The van der Waals surface area contributed by atoms with E-state index >= 15 is 0 Å². The summed E-state index contributed by atoms with van der Waals surface area (Å²) in [5, 5.41) is 0. The molecule has 0 atom stereocenters. The fourth-order valence-electron chi connectivity index (χ4n) is 4.66. The van der Waals surface area contributed by atoms with E-state index in [4.69, 9.17) is 9.15 Å². The van der Waals surface area contributed by atoms with E-state index in [-0.39, 0.29) is 18.4 Å². The number of amides is 2. The number of rotatable bonds is 17. The summed E-state index contributed by atoms with van der Waals surface area (Å²) in [6.45, 7) is 7.66. The number of unbranched alkanes of at least 4 members (excludes halogenated alkanes) is 6. The summed E-state index contributed by atoms with van der Waals surface area (Å²) >= 11 is 0. The molecule has 0 N–H and O–H groups in total. The molecule has 37 heavy (non-hydrogen) atoms. The highest BCUT2D eigenvalue weighted by Gasteiger charge is 2.23. The Kier molecular flexibility index (Phi) is 13.3. The summed E-state index contributed by atoms with van der Waals surface area (Å²) < 4.78 is 11.0. The van der Waals surface area contributed by atoms with Gasteiger partial charge in [-0.05, 0) is 24.1 Å². The molecule has 2 amide bonds. The van der Waals surface area contributed by atoms with Gasteiger partial charge in [0.1, 0.15) is 5.76 Å². The van der Waals surface area contributed by atoms with Crippen molar-refractivity contribution >= 4 is 11.8 Å². The van der Waals surface area contributed by atoms with Crippen LogP contribution in [-0.4, -0.2) is 72.5 Å². The first-order chi connectivity index (χ1) is 18.2. The van der Waals surface area contributed by atoms with Gasteiger partial charge in [0.15, 0.2) is 0 Å².